The Morgan fingerprint density at radius 1 is 1.35 bits per heavy atom. The van der Waals surface area contributed by atoms with E-state index < -0.39 is 12.1 Å². The summed E-state index contributed by atoms with van der Waals surface area (Å²) in [6.07, 6.45) is 2.16. The van der Waals surface area contributed by atoms with Crippen LogP contribution < -0.4 is 15.0 Å². The first kappa shape index (κ1) is 18.5. The van der Waals surface area contributed by atoms with Gasteiger partial charge in [-0.3, -0.25) is 9.69 Å². The monoisotopic (exact) mass is 361 g/mol. The van der Waals surface area contributed by atoms with Gasteiger partial charge in [0.25, 0.3) is 0 Å². The summed E-state index contributed by atoms with van der Waals surface area (Å²) in [5, 5.41) is 11.3. The molecule has 142 valence electrons. The van der Waals surface area contributed by atoms with Gasteiger partial charge in [-0.15, -0.1) is 0 Å². The van der Waals surface area contributed by atoms with E-state index >= 15 is 0 Å². The van der Waals surface area contributed by atoms with Gasteiger partial charge in [-0.1, -0.05) is 6.92 Å². The number of likely N-dealkylation sites (tertiary alicyclic amines) is 1. The van der Waals surface area contributed by atoms with Crippen molar-refractivity contribution in [3.8, 4) is 5.75 Å². The summed E-state index contributed by atoms with van der Waals surface area (Å²) in [7, 11) is 4.26. The highest BCUT2D eigenvalue weighted by Gasteiger charge is 2.52. The maximum absolute atomic E-state index is 12.0. The number of carbonyl (C=O) groups excluding carboxylic acids is 1. The molecule has 2 heterocycles. The van der Waals surface area contributed by atoms with Crippen LogP contribution in [0.25, 0.3) is 0 Å². The summed E-state index contributed by atoms with van der Waals surface area (Å²) in [5.41, 5.74) is 2.44. The number of carbonyl (C=O) groups is 2. The predicted octanol–water partition coefficient (Wildman–Crippen LogP) is 2.40. The van der Waals surface area contributed by atoms with E-state index in [2.05, 4.69) is 36.1 Å². The number of carboxylic acid groups (broad SMARTS) is 1. The Morgan fingerprint density at radius 2 is 2.12 bits per heavy atom. The van der Waals surface area contributed by atoms with Gasteiger partial charge in [0, 0.05) is 37.7 Å². The molecule has 2 aliphatic heterocycles. The summed E-state index contributed by atoms with van der Waals surface area (Å²) in [6.45, 7) is 3.73. The van der Waals surface area contributed by atoms with Crippen molar-refractivity contribution in [1.29, 1.82) is 0 Å². The van der Waals surface area contributed by atoms with E-state index in [1.165, 1.54) is 11.3 Å². The molecule has 1 aromatic rings. The first-order valence-corrected chi connectivity index (χ1v) is 9.08. The van der Waals surface area contributed by atoms with E-state index in [-0.39, 0.29) is 11.8 Å². The molecule has 2 atom stereocenters. The zero-order valence-corrected chi connectivity index (χ0v) is 15.6. The van der Waals surface area contributed by atoms with E-state index in [1.54, 1.807) is 0 Å². The van der Waals surface area contributed by atoms with Crippen molar-refractivity contribution in [2.45, 2.75) is 44.2 Å². The molecule has 1 fully saturated rings. The van der Waals surface area contributed by atoms with Gasteiger partial charge in [-0.2, -0.15) is 0 Å². The molecule has 0 saturated carbocycles. The lowest BCUT2D eigenvalue weighted by Gasteiger charge is -2.32. The van der Waals surface area contributed by atoms with Crippen molar-refractivity contribution in [2.75, 3.05) is 32.1 Å². The van der Waals surface area contributed by atoms with Crippen LogP contribution in [0.1, 0.15) is 38.2 Å². The largest absolute Gasteiger partial charge is 0.481 e. The molecule has 2 aliphatic rings. The number of likely N-dealkylation sites (N-methyl/N-ethyl adjacent to an activating group) is 2. The minimum atomic E-state index is -0.819. The fourth-order valence-corrected chi connectivity index (χ4v) is 4.35. The maximum atomic E-state index is 12.0. The Labute approximate surface area is 153 Å². The Bertz CT molecular complexity index is 708. The third-order valence-electron chi connectivity index (χ3n) is 5.60. The second-order valence-electron chi connectivity index (χ2n) is 7.48. The van der Waals surface area contributed by atoms with Crippen molar-refractivity contribution in [3.63, 3.8) is 0 Å². The third-order valence-corrected chi connectivity index (χ3v) is 5.60. The number of nitrogens with zero attached hydrogens (tertiary/aromatic N) is 2. The van der Waals surface area contributed by atoms with Crippen LogP contribution in [0.3, 0.4) is 0 Å². The highest BCUT2D eigenvalue weighted by atomic mass is 16.6. The van der Waals surface area contributed by atoms with Gasteiger partial charge in [-0.25, -0.2) is 4.79 Å². The van der Waals surface area contributed by atoms with Crippen LogP contribution in [0.4, 0.5) is 10.5 Å². The molecule has 1 amide bonds. The molecule has 0 aromatic heterocycles. The average Bonchev–Trinajstić information content (AvgIpc) is 3.00. The summed E-state index contributed by atoms with van der Waals surface area (Å²) in [6, 6.07) is 5.82. The van der Waals surface area contributed by atoms with Gasteiger partial charge >= 0.3 is 12.1 Å². The standard InChI is InChI=1S/C19H27N3O4/c1-19-9-11-21(2)17(19)22(3)15-8-7-13(12-14(15)19)26-18(25)20-10-5-4-6-16(23)24/h7-8,12,17H,4-6,9-11H2,1-3H3,(H,20,25)(H,23,24)/t17-,19+/m1/s1. The molecule has 1 saturated heterocycles. The number of ether oxygens (including phenoxy) is 1. The van der Waals surface area contributed by atoms with E-state index in [0.717, 1.165) is 13.0 Å². The molecule has 0 bridgehead atoms. The number of rotatable bonds is 6. The van der Waals surface area contributed by atoms with E-state index in [9.17, 15) is 9.59 Å². The molecule has 2 N–H and O–H groups in total. The van der Waals surface area contributed by atoms with Gasteiger partial charge in [0.15, 0.2) is 0 Å². The topological polar surface area (TPSA) is 82.1 Å². The Morgan fingerprint density at radius 3 is 2.85 bits per heavy atom. The molecular formula is C19H27N3O4. The van der Waals surface area contributed by atoms with E-state index in [1.807, 2.05) is 18.2 Å². The Kier molecular flexibility index (Phi) is 5.09. The van der Waals surface area contributed by atoms with Crippen LogP contribution in [-0.2, 0) is 10.2 Å². The third kappa shape index (κ3) is 3.35. The lowest BCUT2D eigenvalue weighted by molar-refractivity contribution is -0.137. The second-order valence-corrected chi connectivity index (χ2v) is 7.48. The van der Waals surface area contributed by atoms with Crippen LogP contribution in [0.5, 0.6) is 5.75 Å². The minimum absolute atomic E-state index is 0.0332. The zero-order chi connectivity index (χ0) is 18.9. The van der Waals surface area contributed by atoms with E-state index in [0.29, 0.717) is 31.3 Å². The summed E-state index contributed by atoms with van der Waals surface area (Å²) < 4.78 is 5.42. The zero-order valence-electron chi connectivity index (χ0n) is 15.6. The van der Waals surface area contributed by atoms with Gasteiger partial charge in [0.1, 0.15) is 5.75 Å². The summed E-state index contributed by atoms with van der Waals surface area (Å²) in [4.78, 5) is 27.1. The smallest absolute Gasteiger partial charge is 0.412 e. The molecule has 0 radical (unpaired) electrons. The number of hydrogen-bond donors (Lipinski definition) is 2. The van der Waals surface area contributed by atoms with Crippen molar-refractivity contribution in [2.24, 2.45) is 0 Å². The van der Waals surface area contributed by atoms with Crippen molar-refractivity contribution >= 4 is 17.7 Å². The summed E-state index contributed by atoms with van der Waals surface area (Å²) in [5.74, 6) is -0.281. The SMILES string of the molecule is CN1CC[C@@]2(C)c3cc(OC(=O)NCCCCC(=O)O)ccc3N(C)[C@@H]12. The number of hydrogen-bond acceptors (Lipinski definition) is 5. The second kappa shape index (κ2) is 7.15. The van der Waals surface area contributed by atoms with Crippen LogP contribution in [0.15, 0.2) is 18.2 Å². The highest BCUT2D eigenvalue weighted by molar-refractivity contribution is 5.72. The molecule has 7 nitrogen and oxygen atoms in total. The molecule has 1 aromatic carbocycles. The first-order valence-electron chi connectivity index (χ1n) is 9.08. The van der Waals surface area contributed by atoms with Crippen LogP contribution in [-0.4, -0.2) is 55.4 Å². The number of aliphatic carboxylic acids is 1. The predicted molar refractivity (Wildman–Crippen MR) is 98.7 cm³/mol. The number of carboxylic acids is 1. The molecule has 26 heavy (non-hydrogen) atoms. The quantitative estimate of drug-likeness (QED) is 0.757. The lowest BCUT2D eigenvalue weighted by Crippen LogP contribution is -2.45. The number of amides is 1. The van der Waals surface area contributed by atoms with Gasteiger partial charge < -0.3 is 20.1 Å². The van der Waals surface area contributed by atoms with Crippen LogP contribution in [0.2, 0.25) is 0 Å². The number of nitrogens with one attached hydrogen (secondary N) is 1. The normalized spacial score (nSPS) is 24.3. The Hall–Kier alpha value is -2.28. The number of benzene rings is 1. The van der Waals surface area contributed by atoms with Crippen molar-refractivity contribution < 1.29 is 19.4 Å². The minimum Gasteiger partial charge on any atom is -0.481 e. The fraction of sp³-hybridized carbons (Fsp3) is 0.579. The maximum Gasteiger partial charge on any atom is 0.412 e. The van der Waals surface area contributed by atoms with Crippen LogP contribution >= 0.6 is 0 Å². The molecule has 0 spiro atoms. The number of fused-ring (bicyclic) bond motifs is 3. The summed E-state index contributed by atoms with van der Waals surface area (Å²) >= 11 is 0. The van der Waals surface area contributed by atoms with Crippen molar-refractivity contribution in [3.05, 3.63) is 23.8 Å². The molecular weight excluding hydrogens is 334 g/mol. The van der Waals surface area contributed by atoms with Gasteiger partial charge in [0.05, 0.1) is 6.17 Å². The molecule has 0 unspecified atom stereocenters. The fourth-order valence-electron chi connectivity index (χ4n) is 4.35. The molecule has 7 heteroatoms. The Balaban J connectivity index is 1.61. The molecule has 0 aliphatic carbocycles. The van der Waals surface area contributed by atoms with Gasteiger partial charge in [-0.05, 0) is 50.1 Å². The first-order chi connectivity index (χ1) is 12.3. The lowest BCUT2D eigenvalue weighted by atomic mass is 9.81. The van der Waals surface area contributed by atoms with Crippen LogP contribution in [0, 0.1) is 0 Å². The van der Waals surface area contributed by atoms with E-state index in [4.69, 9.17) is 9.84 Å². The van der Waals surface area contributed by atoms with Gasteiger partial charge in [0.2, 0.25) is 0 Å². The number of unbranched alkanes of at least 4 members (excludes halogenated alkanes) is 1. The van der Waals surface area contributed by atoms with Crippen molar-refractivity contribution in [1.82, 2.24) is 10.2 Å². The molecule has 3 rings (SSSR count). The highest BCUT2D eigenvalue weighted by Crippen LogP contribution is 2.51. The number of anilines is 1. The average molecular weight is 361 g/mol.